The molecule has 12 heteroatoms. The van der Waals surface area contributed by atoms with E-state index in [0.29, 0.717) is 0 Å². The average molecular weight is 320 g/mol. The number of carboxylic acid groups (broad SMARTS) is 4. The van der Waals surface area contributed by atoms with Gasteiger partial charge < -0.3 is 25.3 Å². The Balaban J connectivity index is -0.000000657. The molecule has 0 aromatic heterocycles. The van der Waals surface area contributed by atoms with Crippen molar-refractivity contribution in [3.05, 3.63) is 0 Å². The van der Waals surface area contributed by atoms with E-state index in [4.69, 9.17) is 29.9 Å². The molecule has 0 bridgehead atoms. The van der Waals surface area contributed by atoms with E-state index in [1.807, 2.05) is 0 Å². The van der Waals surface area contributed by atoms with Crippen molar-refractivity contribution >= 4 is 32.6 Å². The summed E-state index contributed by atoms with van der Waals surface area (Å²) in [4.78, 5) is 50.3. The first-order chi connectivity index (χ1) is 8.67. The zero-order valence-electron chi connectivity index (χ0n) is 10.3. The number of carbonyl (C=O) groups is 4. The van der Waals surface area contributed by atoms with Crippen molar-refractivity contribution in [1.82, 2.24) is 0 Å². The molecule has 0 aliphatic rings. The number of hydrogen-bond donors (Lipinski definition) is 4. The number of hydrogen-bond acceptors (Lipinski definition) is 6. The van der Waals surface area contributed by atoms with E-state index in [-0.39, 0.29) is 29.6 Å². The summed E-state index contributed by atoms with van der Waals surface area (Å²) in [6.45, 7) is 0. The van der Waals surface area contributed by atoms with Gasteiger partial charge in [0.1, 0.15) is 0 Å². The zero-order valence-corrected chi connectivity index (χ0v) is 13.1. The van der Waals surface area contributed by atoms with E-state index < -0.39 is 57.2 Å². The Morgan fingerprint density at radius 3 is 1.15 bits per heavy atom. The molecule has 108 valence electrons. The van der Waals surface area contributed by atoms with E-state index >= 15 is 0 Å². The Morgan fingerprint density at radius 1 is 0.850 bits per heavy atom. The molecule has 0 saturated heterocycles. The molecule has 2 unspecified atom stereocenters. The van der Waals surface area contributed by atoms with E-state index in [2.05, 4.69) is 0 Å². The van der Waals surface area contributed by atoms with Gasteiger partial charge in [0.15, 0.2) is 0 Å². The van der Waals surface area contributed by atoms with Gasteiger partial charge in [0, 0.05) is 0 Å². The van der Waals surface area contributed by atoms with Crippen molar-refractivity contribution in [3.63, 3.8) is 0 Å². The van der Waals surface area contributed by atoms with Gasteiger partial charge in [-0.2, -0.15) is 0 Å². The van der Waals surface area contributed by atoms with Gasteiger partial charge in [-0.3, -0.25) is 23.7 Å². The predicted molar refractivity (Wildman–Crippen MR) is 54.4 cm³/mol. The Bertz CT molecular complexity index is 338. The van der Waals surface area contributed by atoms with Gasteiger partial charge in [0.05, 0.1) is 33.4 Å². The van der Waals surface area contributed by atoms with Crippen LogP contribution in [0.5, 0.6) is 0 Å². The van der Waals surface area contributed by atoms with Crippen LogP contribution < -0.4 is 34.5 Å². The Morgan fingerprint density at radius 2 is 1.05 bits per heavy atom. The van der Waals surface area contributed by atoms with Gasteiger partial charge in [-0.25, -0.2) is 0 Å². The van der Waals surface area contributed by atoms with Crippen LogP contribution in [0, 0.1) is 11.8 Å². The molecule has 0 aliphatic carbocycles. The van der Waals surface area contributed by atoms with E-state index in [0.717, 1.165) is 0 Å². The third kappa shape index (κ3) is 12.0. The number of aliphatic carboxylic acids is 4. The molecule has 2 atom stereocenters. The topological polar surface area (TPSA) is 189 Å². The standard InChI is InChI=1S/C8H10O8.Na.HO2P/c9-5(10)1-3(7(13)14)4(8(15)16)2-6(11)12;;1-3-2/h3-4H,1-2H2,(H,9,10)(H,11,12)(H,13,14)(H,15,16);;(H,1,2)/q;+1;/p-1. The maximum absolute atomic E-state index is 10.6. The van der Waals surface area contributed by atoms with Crippen molar-refractivity contribution < 1.29 is 78.6 Å². The van der Waals surface area contributed by atoms with E-state index in [1.54, 1.807) is 0 Å². The first-order valence-electron chi connectivity index (χ1n) is 4.51. The Labute approximate surface area is 136 Å². The van der Waals surface area contributed by atoms with Crippen LogP contribution in [0.2, 0.25) is 0 Å². The van der Waals surface area contributed by atoms with Crippen LogP contribution >= 0.6 is 8.69 Å². The van der Waals surface area contributed by atoms with Gasteiger partial charge in [-0.15, -0.1) is 0 Å². The third-order valence-electron chi connectivity index (χ3n) is 1.91. The van der Waals surface area contributed by atoms with Crippen LogP contribution in [-0.4, -0.2) is 44.3 Å². The molecule has 0 aromatic rings. The largest absolute Gasteiger partial charge is 1.00 e. The molecular formula is C8H10NaO10P. The van der Waals surface area contributed by atoms with Gasteiger partial charge in [0.2, 0.25) is 0 Å². The van der Waals surface area contributed by atoms with Crippen molar-refractivity contribution in [1.29, 1.82) is 0 Å². The fourth-order valence-corrected chi connectivity index (χ4v) is 1.18. The molecule has 0 rings (SSSR count). The number of rotatable bonds is 7. The molecular weight excluding hydrogens is 310 g/mol. The first kappa shape index (κ1) is 24.0. The van der Waals surface area contributed by atoms with Crippen LogP contribution in [0.4, 0.5) is 0 Å². The molecule has 0 aromatic carbocycles. The van der Waals surface area contributed by atoms with Gasteiger partial charge >= 0.3 is 53.4 Å². The maximum Gasteiger partial charge on any atom is 1.00 e. The fourth-order valence-electron chi connectivity index (χ4n) is 1.18. The summed E-state index contributed by atoms with van der Waals surface area (Å²) < 4.78 is 8.35. The quantitative estimate of drug-likeness (QED) is 0.265. The smallest absolute Gasteiger partial charge is 0.772 e. The monoisotopic (exact) mass is 320 g/mol. The van der Waals surface area contributed by atoms with Gasteiger partial charge in [-0.1, -0.05) is 0 Å². The normalized spacial score (nSPS) is 12.1. The molecule has 4 N–H and O–H groups in total. The van der Waals surface area contributed by atoms with Crippen LogP contribution in [0.1, 0.15) is 12.8 Å². The summed E-state index contributed by atoms with van der Waals surface area (Å²) in [5, 5.41) is 34.1. The first-order valence-corrected chi connectivity index (χ1v) is 5.24. The van der Waals surface area contributed by atoms with Gasteiger partial charge in [0.25, 0.3) is 0 Å². The minimum atomic E-state index is -1.76. The van der Waals surface area contributed by atoms with Crippen molar-refractivity contribution in [2.45, 2.75) is 12.8 Å². The minimum absolute atomic E-state index is 0. The minimum Gasteiger partial charge on any atom is -0.772 e. The van der Waals surface area contributed by atoms with Crippen LogP contribution in [-0.2, 0) is 23.7 Å². The second-order valence-corrected chi connectivity index (χ2v) is 3.31. The van der Waals surface area contributed by atoms with Crippen molar-refractivity contribution in [3.8, 4) is 0 Å². The summed E-state index contributed by atoms with van der Waals surface area (Å²) >= 11 is 0. The number of carboxylic acids is 4. The molecule has 0 aliphatic heterocycles. The Hall–Kier alpha value is -1.06. The van der Waals surface area contributed by atoms with E-state index in [9.17, 15) is 19.2 Å². The fraction of sp³-hybridized carbons (Fsp3) is 0.500. The molecule has 10 nitrogen and oxygen atoms in total. The molecule has 0 radical (unpaired) electrons. The average Bonchev–Trinajstić information content (AvgIpc) is 2.22. The summed E-state index contributed by atoms with van der Waals surface area (Å²) in [5.41, 5.74) is 0. The summed E-state index contributed by atoms with van der Waals surface area (Å²) in [7, 11) is -1.08. The predicted octanol–water partition coefficient (Wildman–Crippen LogP) is -4.11. The van der Waals surface area contributed by atoms with Gasteiger partial charge in [-0.05, 0) is 0 Å². The second-order valence-electron chi connectivity index (χ2n) is 3.16. The summed E-state index contributed by atoms with van der Waals surface area (Å²) in [6.07, 6.45) is -1.86. The second kappa shape index (κ2) is 12.9. The van der Waals surface area contributed by atoms with Crippen LogP contribution in [0.3, 0.4) is 0 Å². The molecule has 0 fully saturated rings. The maximum atomic E-state index is 10.6. The molecule has 20 heavy (non-hydrogen) atoms. The molecule has 0 saturated carbocycles. The summed E-state index contributed by atoms with van der Waals surface area (Å²) in [6, 6.07) is 0. The molecule has 0 heterocycles. The Kier molecular flexibility index (Phi) is 15.5. The zero-order chi connectivity index (χ0) is 15.6. The van der Waals surface area contributed by atoms with E-state index in [1.165, 1.54) is 0 Å². The SMILES string of the molecule is O=C(O)CC(C(=O)O)C(CC(=O)O)C(=O)O.O=P[O-].[Na+]. The van der Waals surface area contributed by atoms with Crippen LogP contribution in [0.15, 0.2) is 0 Å². The summed E-state index contributed by atoms with van der Waals surface area (Å²) in [5.74, 6) is -9.79. The molecule has 0 spiro atoms. The van der Waals surface area contributed by atoms with Crippen molar-refractivity contribution in [2.24, 2.45) is 11.8 Å². The third-order valence-corrected chi connectivity index (χ3v) is 1.91. The van der Waals surface area contributed by atoms with Crippen molar-refractivity contribution in [2.75, 3.05) is 0 Å². The van der Waals surface area contributed by atoms with Crippen LogP contribution in [0.25, 0.3) is 0 Å². The molecule has 0 amide bonds.